The quantitative estimate of drug-likeness (QED) is 0.762. The molecule has 0 saturated heterocycles. The van der Waals surface area contributed by atoms with Gasteiger partial charge >= 0.3 is 0 Å². The number of rotatable bonds is 5. The minimum absolute atomic E-state index is 0.0961. The number of amides is 1. The zero-order chi connectivity index (χ0) is 14.5. The Hall–Kier alpha value is -2.21. The molecule has 0 fully saturated rings. The molecule has 1 aromatic carbocycles. The third kappa shape index (κ3) is 3.42. The normalized spacial score (nSPS) is 12.2. The van der Waals surface area contributed by atoms with Gasteiger partial charge in [0, 0.05) is 23.7 Å². The molecular weight excluding hydrogens is 254 g/mol. The molecule has 1 atom stereocenters. The molecule has 0 radical (unpaired) electrons. The van der Waals surface area contributed by atoms with Gasteiger partial charge in [-0.3, -0.25) is 9.89 Å². The lowest BCUT2D eigenvalue weighted by atomic mass is 10.1. The smallest absolute Gasteiger partial charge is 0.251 e. The highest BCUT2D eigenvalue weighted by Crippen LogP contribution is 2.16. The van der Waals surface area contributed by atoms with E-state index < -0.39 is 0 Å². The number of H-pyrrole nitrogens is 1. The highest BCUT2D eigenvalue weighted by molar-refractivity contribution is 5.95. The van der Waals surface area contributed by atoms with Crippen molar-refractivity contribution in [2.24, 2.45) is 0 Å². The van der Waals surface area contributed by atoms with Crippen LogP contribution in [0.5, 0.6) is 0 Å². The molecule has 0 spiro atoms. The van der Waals surface area contributed by atoms with Crippen LogP contribution < -0.4 is 10.6 Å². The molecule has 3 N–H and O–H groups in total. The highest BCUT2D eigenvalue weighted by Gasteiger charge is 2.10. The predicted octanol–water partition coefficient (Wildman–Crippen LogP) is 1.12. The minimum Gasteiger partial charge on any atom is -0.350 e. The fraction of sp³-hybridized carbons (Fsp3) is 0.357. The van der Waals surface area contributed by atoms with Gasteiger partial charge in [0.15, 0.2) is 5.82 Å². The number of aryl methyl sites for hydroxylation is 1. The van der Waals surface area contributed by atoms with Crippen molar-refractivity contribution >= 4 is 5.91 Å². The molecule has 1 aromatic heterocycles. The predicted molar refractivity (Wildman–Crippen MR) is 77.4 cm³/mol. The maximum absolute atomic E-state index is 12.1. The average Bonchev–Trinajstić information content (AvgIpc) is 2.91. The zero-order valence-corrected chi connectivity index (χ0v) is 11.9. The van der Waals surface area contributed by atoms with E-state index in [1.807, 2.05) is 33.0 Å². The van der Waals surface area contributed by atoms with Crippen molar-refractivity contribution in [3.63, 3.8) is 0 Å². The summed E-state index contributed by atoms with van der Waals surface area (Å²) in [5, 5.41) is 12.8. The van der Waals surface area contributed by atoms with E-state index in [0.29, 0.717) is 17.9 Å². The number of aromatic nitrogens is 3. The largest absolute Gasteiger partial charge is 0.350 e. The summed E-state index contributed by atoms with van der Waals surface area (Å²) in [5.74, 6) is 1.25. The van der Waals surface area contributed by atoms with Gasteiger partial charge in [0.25, 0.3) is 5.91 Å². The Morgan fingerprint density at radius 3 is 2.90 bits per heavy atom. The summed E-state index contributed by atoms with van der Waals surface area (Å²) in [7, 11) is 1.86. The molecule has 0 aliphatic heterocycles. The summed E-state index contributed by atoms with van der Waals surface area (Å²) in [6, 6.07) is 7.52. The first-order valence-corrected chi connectivity index (χ1v) is 6.55. The Bertz CT molecular complexity index is 593. The SMILES string of the molecule is CNC(C)CNC(=O)c1cccc(-c2n[nH]c(C)n2)c1. The highest BCUT2D eigenvalue weighted by atomic mass is 16.1. The molecule has 1 amide bonds. The molecule has 6 heteroatoms. The van der Waals surface area contributed by atoms with E-state index in [-0.39, 0.29) is 11.9 Å². The van der Waals surface area contributed by atoms with Crippen LogP contribution in [0.1, 0.15) is 23.1 Å². The van der Waals surface area contributed by atoms with E-state index in [9.17, 15) is 4.79 Å². The fourth-order valence-corrected chi connectivity index (χ4v) is 1.72. The van der Waals surface area contributed by atoms with Crippen LogP contribution >= 0.6 is 0 Å². The molecule has 0 saturated carbocycles. The number of carbonyl (C=O) groups is 1. The van der Waals surface area contributed by atoms with Gasteiger partial charge in [-0.15, -0.1) is 0 Å². The lowest BCUT2D eigenvalue weighted by Crippen LogP contribution is -2.37. The van der Waals surface area contributed by atoms with Crippen molar-refractivity contribution in [2.45, 2.75) is 19.9 Å². The Kier molecular flexibility index (Phi) is 4.47. The van der Waals surface area contributed by atoms with Crippen molar-refractivity contribution in [3.05, 3.63) is 35.7 Å². The van der Waals surface area contributed by atoms with Crippen LogP contribution in [0.3, 0.4) is 0 Å². The van der Waals surface area contributed by atoms with Gasteiger partial charge in [-0.2, -0.15) is 5.10 Å². The third-order valence-electron chi connectivity index (χ3n) is 3.04. The number of nitrogens with zero attached hydrogens (tertiary/aromatic N) is 2. The molecule has 0 bridgehead atoms. The second-order valence-corrected chi connectivity index (χ2v) is 4.72. The van der Waals surface area contributed by atoms with Gasteiger partial charge in [0.1, 0.15) is 5.82 Å². The molecule has 1 unspecified atom stereocenters. The molecule has 106 valence electrons. The van der Waals surface area contributed by atoms with Crippen molar-refractivity contribution in [1.82, 2.24) is 25.8 Å². The Labute approximate surface area is 118 Å². The van der Waals surface area contributed by atoms with Gasteiger partial charge < -0.3 is 10.6 Å². The topological polar surface area (TPSA) is 82.7 Å². The number of carbonyl (C=O) groups excluding carboxylic acids is 1. The Balaban J connectivity index is 2.11. The summed E-state index contributed by atoms with van der Waals surface area (Å²) < 4.78 is 0. The third-order valence-corrected chi connectivity index (χ3v) is 3.04. The van der Waals surface area contributed by atoms with Crippen molar-refractivity contribution in [2.75, 3.05) is 13.6 Å². The standard InChI is InChI=1S/C14H19N5O/c1-9(15-3)8-16-14(20)12-6-4-5-11(7-12)13-17-10(2)18-19-13/h4-7,9,15H,8H2,1-3H3,(H,16,20)(H,17,18,19). The van der Waals surface area contributed by atoms with Crippen LogP contribution in [0.15, 0.2) is 24.3 Å². The second kappa shape index (κ2) is 6.29. The van der Waals surface area contributed by atoms with Crippen LogP contribution in [-0.2, 0) is 0 Å². The summed E-state index contributed by atoms with van der Waals surface area (Å²) in [6.07, 6.45) is 0. The second-order valence-electron chi connectivity index (χ2n) is 4.72. The van der Waals surface area contributed by atoms with Crippen molar-refractivity contribution in [3.8, 4) is 11.4 Å². The summed E-state index contributed by atoms with van der Waals surface area (Å²) in [4.78, 5) is 16.3. The van der Waals surface area contributed by atoms with Crippen molar-refractivity contribution < 1.29 is 4.79 Å². The maximum atomic E-state index is 12.1. The van der Waals surface area contributed by atoms with Gasteiger partial charge in [0.05, 0.1) is 0 Å². The van der Waals surface area contributed by atoms with E-state index in [1.54, 1.807) is 12.1 Å². The van der Waals surface area contributed by atoms with E-state index in [1.165, 1.54) is 0 Å². The van der Waals surface area contributed by atoms with E-state index in [4.69, 9.17) is 0 Å². The van der Waals surface area contributed by atoms with Crippen LogP contribution in [-0.4, -0.2) is 40.7 Å². The van der Waals surface area contributed by atoms with E-state index in [0.717, 1.165) is 11.4 Å². The van der Waals surface area contributed by atoms with E-state index >= 15 is 0 Å². The van der Waals surface area contributed by atoms with Gasteiger partial charge in [-0.1, -0.05) is 12.1 Å². The van der Waals surface area contributed by atoms with Crippen LogP contribution in [0.2, 0.25) is 0 Å². The molecule has 6 nitrogen and oxygen atoms in total. The molecule has 0 aliphatic carbocycles. The monoisotopic (exact) mass is 273 g/mol. The number of aromatic amines is 1. The molecule has 20 heavy (non-hydrogen) atoms. The Morgan fingerprint density at radius 1 is 1.45 bits per heavy atom. The van der Waals surface area contributed by atoms with Crippen molar-refractivity contribution in [1.29, 1.82) is 0 Å². The molecule has 2 aromatic rings. The summed E-state index contributed by atoms with van der Waals surface area (Å²) in [6.45, 7) is 4.43. The maximum Gasteiger partial charge on any atom is 0.251 e. The number of hydrogen-bond acceptors (Lipinski definition) is 4. The first kappa shape index (κ1) is 14.2. The molecule has 0 aliphatic rings. The van der Waals surface area contributed by atoms with Gasteiger partial charge in [-0.05, 0) is 33.0 Å². The number of benzene rings is 1. The molecule has 2 rings (SSSR count). The van der Waals surface area contributed by atoms with Crippen LogP contribution in [0, 0.1) is 6.92 Å². The lowest BCUT2D eigenvalue weighted by Gasteiger charge is -2.11. The number of nitrogens with one attached hydrogen (secondary N) is 3. The van der Waals surface area contributed by atoms with Gasteiger partial charge in [0.2, 0.25) is 0 Å². The zero-order valence-electron chi connectivity index (χ0n) is 11.9. The lowest BCUT2D eigenvalue weighted by molar-refractivity contribution is 0.0950. The number of likely N-dealkylation sites (N-methyl/N-ethyl adjacent to an activating group) is 1. The summed E-state index contributed by atoms with van der Waals surface area (Å²) in [5.41, 5.74) is 1.43. The van der Waals surface area contributed by atoms with E-state index in [2.05, 4.69) is 25.8 Å². The molecule has 1 heterocycles. The van der Waals surface area contributed by atoms with Crippen LogP contribution in [0.4, 0.5) is 0 Å². The molecular formula is C14H19N5O. The number of hydrogen-bond donors (Lipinski definition) is 3. The van der Waals surface area contributed by atoms with Crippen LogP contribution in [0.25, 0.3) is 11.4 Å². The average molecular weight is 273 g/mol. The minimum atomic E-state index is -0.0961. The first-order valence-electron chi connectivity index (χ1n) is 6.55. The first-order chi connectivity index (χ1) is 9.60. The summed E-state index contributed by atoms with van der Waals surface area (Å²) >= 11 is 0. The Morgan fingerprint density at radius 2 is 2.25 bits per heavy atom. The fourth-order valence-electron chi connectivity index (χ4n) is 1.72. The van der Waals surface area contributed by atoms with Gasteiger partial charge in [-0.25, -0.2) is 4.98 Å².